The lowest BCUT2D eigenvalue weighted by Gasteiger charge is -2.09. The van der Waals surface area contributed by atoms with E-state index >= 15 is 0 Å². The Balaban J connectivity index is 1.70. The molecule has 9 heteroatoms. The predicted molar refractivity (Wildman–Crippen MR) is 108 cm³/mol. The van der Waals surface area contributed by atoms with E-state index < -0.39 is 5.91 Å². The molecule has 8 nitrogen and oxygen atoms in total. The highest BCUT2D eigenvalue weighted by molar-refractivity contribution is 9.10. The molecule has 0 spiro atoms. The van der Waals surface area contributed by atoms with Crippen LogP contribution in [0.25, 0.3) is 0 Å². The lowest BCUT2D eigenvalue weighted by atomic mass is 10.2. The lowest BCUT2D eigenvalue weighted by Crippen LogP contribution is -2.21. The molecule has 3 rings (SSSR count). The van der Waals surface area contributed by atoms with Gasteiger partial charge < -0.3 is 15.4 Å². The monoisotopic (exact) mass is 443 g/mol. The molecule has 0 atom stereocenters. The second kappa shape index (κ2) is 8.66. The highest BCUT2D eigenvalue weighted by Gasteiger charge is 2.19. The third-order valence-electron chi connectivity index (χ3n) is 3.99. The SMILES string of the molecule is COc1ccccc1NC(=O)c1nnn(CC(=O)Nc2ccccc2Br)c1C. The Labute approximate surface area is 170 Å². The molecule has 0 saturated heterocycles. The summed E-state index contributed by atoms with van der Waals surface area (Å²) in [5.41, 5.74) is 1.80. The number of nitrogens with one attached hydrogen (secondary N) is 2. The van der Waals surface area contributed by atoms with Crippen molar-refractivity contribution in [1.29, 1.82) is 0 Å². The van der Waals surface area contributed by atoms with Crippen molar-refractivity contribution >= 4 is 39.1 Å². The number of benzene rings is 2. The van der Waals surface area contributed by atoms with Gasteiger partial charge in [-0.3, -0.25) is 9.59 Å². The molecule has 0 bridgehead atoms. The number of aromatic nitrogens is 3. The molecule has 0 saturated carbocycles. The molecule has 0 unspecified atom stereocenters. The lowest BCUT2D eigenvalue weighted by molar-refractivity contribution is -0.117. The number of nitrogens with zero attached hydrogens (tertiary/aromatic N) is 3. The van der Waals surface area contributed by atoms with Gasteiger partial charge >= 0.3 is 0 Å². The molecule has 3 aromatic rings. The Morgan fingerprint density at radius 1 is 1.07 bits per heavy atom. The van der Waals surface area contributed by atoms with Crippen molar-refractivity contribution in [1.82, 2.24) is 15.0 Å². The fourth-order valence-corrected chi connectivity index (χ4v) is 2.92. The zero-order valence-corrected chi connectivity index (χ0v) is 16.9. The third-order valence-corrected chi connectivity index (χ3v) is 4.69. The van der Waals surface area contributed by atoms with E-state index in [0.717, 1.165) is 4.47 Å². The third kappa shape index (κ3) is 4.37. The van der Waals surface area contributed by atoms with E-state index in [9.17, 15) is 9.59 Å². The number of hydrogen-bond donors (Lipinski definition) is 2. The van der Waals surface area contributed by atoms with Crippen LogP contribution in [0.3, 0.4) is 0 Å². The summed E-state index contributed by atoms with van der Waals surface area (Å²) in [5.74, 6) is -0.176. The highest BCUT2D eigenvalue weighted by atomic mass is 79.9. The zero-order chi connectivity index (χ0) is 20.1. The maximum atomic E-state index is 12.5. The standard InChI is InChI=1S/C19H18BrN5O3/c1-12-18(19(27)22-15-9-5-6-10-16(15)28-2)23-24-25(12)11-17(26)21-14-8-4-3-7-13(14)20/h3-10H,11H2,1-2H3,(H,21,26)(H,22,27). The summed E-state index contributed by atoms with van der Waals surface area (Å²) in [6.07, 6.45) is 0. The van der Waals surface area contributed by atoms with Crippen LogP contribution in [0, 0.1) is 6.92 Å². The van der Waals surface area contributed by atoms with Gasteiger partial charge in [0.15, 0.2) is 5.69 Å². The van der Waals surface area contributed by atoms with Crippen LogP contribution in [0.2, 0.25) is 0 Å². The minimum absolute atomic E-state index is 0.0674. The number of methoxy groups -OCH3 is 1. The molecular formula is C19H18BrN5O3. The Hall–Kier alpha value is -3.20. The fraction of sp³-hybridized carbons (Fsp3) is 0.158. The first kappa shape index (κ1) is 19.6. The van der Waals surface area contributed by atoms with E-state index in [2.05, 4.69) is 36.9 Å². The van der Waals surface area contributed by atoms with Crippen molar-refractivity contribution in [3.05, 3.63) is 64.4 Å². The van der Waals surface area contributed by atoms with Crippen LogP contribution in [-0.2, 0) is 11.3 Å². The van der Waals surface area contributed by atoms with Gasteiger partial charge in [-0.05, 0) is 47.1 Å². The van der Waals surface area contributed by atoms with Gasteiger partial charge in [0.1, 0.15) is 12.3 Å². The Kier molecular flexibility index (Phi) is 6.05. The Bertz CT molecular complexity index is 1020. The van der Waals surface area contributed by atoms with Gasteiger partial charge in [0.2, 0.25) is 5.91 Å². The highest BCUT2D eigenvalue weighted by Crippen LogP contribution is 2.24. The summed E-state index contributed by atoms with van der Waals surface area (Å²) in [5, 5.41) is 13.4. The van der Waals surface area contributed by atoms with E-state index in [1.165, 1.54) is 11.8 Å². The summed E-state index contributed by atoms with van der Waals surface area (Å²) >= 11 is 3.38. The van der Waals surface area contributed by atoms with Gasteiger partial charge in [0.05, 0.1) is 24.2 Å². The van der Waals surface area contributed by atoms with Gasteiger partial charge in [-0.2, -0.15) is 0 Å². The number of carbonyl (C=O) groups is 2. The van der Waals surface area contributed by atoms with Crippen molar-refractivity contribution in [3.8, 4) is 5.75 Å². The zero-order valence-electron chi connectivity index (χ0n) is 15.3. The van der Waals surface area contributed by atoms with Crippen LogP contribution >= 0.6 is 15.9 Å². The summed E-state index contributed by atoms with van der Waals surface area (Å²) in [7, 11) is 1.52. The van der Waals surface area contributed by atoms with Gasteiger partial charge in [0.25, 0.3) is 5.91 Å². The normalized spacial score (nSPS) is 10.4. The molecule has 28 heavy (non-hydrogen) atoms. The molecule has 0 radical (unpaired) electrons. The van der Waals surface area contributed by atoms with Crippen molar-refractivity contribution < 1.29 is 14.3 Å². The molecule has 0 aliphatic rings. The molecule has 0 fully saturated rings. The molecule has 0 aliphatic carbocycles. The summed E-state index contributed by atoms with van der Waals surface area (Å²) < 4.78 is 7.38. The summed E-state index contributed by atoms with van der Waals surface area (Å²) in [4.78, 5) is 24.9. The van der Waals surface area contributed by atoms with E-state index in [4.69, 9.17) is 4.74 Å². The first-order valence-electron chi connectivity index (χ1n) is 8.38. The van der Waals surface area contributed by atoms with Crippen LogP contribution in [0.5, 0.6) is 5.75 Å². The van der Waals surface area contributed by atoms with E-state index in [-0.39, 0.29) is 18.1 Å². The predicted octanol–water partition coefficient (Wildman–Crippen LogP) is 3.25. The van der Waals surface area contributed by atoms with Gasteiger partial charge in [-0.15, -0.1) is 5.10 Å². The molecule has 2 amide bonds. The minimum Gasteiger partial charge on any atom is -0.495 e. The van der Waals surface area contributed by atoms with Gasteiger partial charge in [-0.25, -0.2) is 4.68 Å². The van der Waals surface area contributed by atoms with E-state index in [0.29, 0.717) is 22.8 Å². The van der Waals surface area contributed by atoms with Crippen molar-refractivity contribution in [3.63, 3.8) is 0 Å². The fourth-order valence-electron chi connectivity index (χ4n) is 2.54. The number of halogens is 1. The molecule has 0 aliphatic heterocycles. The topological polar surface area (TPSA) is 98.1 Å². The first-order valence-corrected chi connectivity index (χ1v) is 9.17. The van der Waals surface area contributed by atoms with E-state index in [1.807, 2.05) is 18.2 Å². The van der Waals surface area contributed by atoms with Crippen LogP contribution in [0.15, 0.2) is 53.0 Å². The number of ether oxygens (including phenoxy) is 1. The maximum Gasteiger partial charge on any atom is 0.278 e. The summed E-state index contributed by atoms with van der Waals surface area (Å²) in [6, 6.07) is 14.3. The minimum atomic E-state index is -0.431. The molecule has 1 aromatic heterocycles. The Morgan fingerprint density at radius 2 is 1.75 bits per heavy atom. The van der Waals surface area contributed by atoms with Crippen LogP contribution in [0.1, 0.15) is 16.2 Å². The van der Waals surface area contributed by atoms with E-state index in [1.54, 1.807) is 37.3 Å². The number of carbonyl (C=O) groups excluding carboxylic acids is 2. The van der Waals surface area contributed by atoms with Crippen molar-refractivity contribution in [2.45, 2.75) is 13.5 Å². The number of rotatable bonds is 6. The molecule has 2 aromatic carbocycles. The largest absolute Gasteiger partial charge is 0.495 e. The van der Waals surface area contributed by atoms with Gasteiger partial charge in [-0.1, -0.05) is 29.5 Å². The quantitative estimate of drug-likeness (QED) is 0.609. The number of anilines is 2. The van der Waals surface area contributed by atoms with Crippen molar-refractivity contribution in [2.75, 3.05) is 17.7 Å². The van der Waals surface area contributed by atoms with Crippen LogP contribution in [-0.4, -0.2) is 33.9 Å². The van der Waals surface area contributed by atoms with Crippen LogP contribution < -0.4 is 15.4 Å². The smallest absolute Gasteiger partial charge is 0.278 e. The van der Waals surface area contributed by atoms with Crippen LogP contribution in [0.4, 0.5) is 11.4 Å². The second-order valence-corrected chi connectivity index (χ2v) is 6.72. The first-order chi connectivity index (χ1) is 13.5. The van der Waals surface area contributed by atoms with Crippen molar-refractivity contribution in [2.24, 2.45) is 0 Å². The number of amides is 2. The molecular weight excluding hydrogens is 426 g/mol. The molecule has 2 N–H and O–H groups in total. The molecule has 1 heterocycles. The number of hydrogen-bond acceptors (Lipinski definition) is 5. The average molecular weight is 444 g/mol. The maximum absolute atomic E-state index is 12.5. The average Bonchev–Trinajstić information content (AvgIpc) is 3.04. The summed E-state index contributed by atoms with van der Waals surface area (Å²) in [6.45, 7) is 1.62. The van der Waals surface area contributed by atoms with Gasteiger partial charge in [0, 0.05) is 4.47 Å². The Morgan fingerprint density at radius 3 is 2.46 bits per heavy atom. The second-order valence-electron chi connectivity index (χ2n) is 5.86. The molecule has 144 valence electrons. The number of para-hydroxylation sites is 3.